The lowest BCUT2D eigenvalue weighted by molar-refractivity contribution is 0.306. The third-order valence-corrected chi connectivity index (χ3v) is 9.66. The molecule has 0 fully saturated rings. The minimum absolute atomic E-state index is 0.476. The van der Waals surface area contributed by atoms with Gasteiger partial charge in [0.2, 0.25) is 0 Å². The molecule has 2 atom stereocenters. The van der Waals surface area contributed by atoms with Crippen LogP contribution in [0.25, 0.3) is 22.3 Å². The van der Waals surface area contributed by atoms with Crippen molar-refractivity contribution in [2.24, 2.45) is 0 Å². The predicted octanol–water partition coefficient (Wildman–Crippen LogP) is 8.11. The van der Waals surface area contributed by atoms with Crippen LogP contribution in [0.5, 0.6) is 11.5 Å². The number of hydrogen-bond donors (Lipinski definition) is 0. The normalized spacial score (nSPS) is 16.7. The van der Waals surface area contributed by atoms with E-state index in [1.54, 1.807) is 0 Å². The summed E-state index contributed by atoms with van der Waals surface area (Å²) in [5.41, 5.74) is 6.78. The number of benzene rings is 5. The standard InChI is InChI=1S/C32H24O4P2/c1-5-13-29-25(9-1)27-11-3-7-15-31(27)37(35-29)33-21-23-17-19-24(20-18-23)22-34-38-32-16-8-4-12-28(32)26-10-2-6-14-30(26)36-38/h1-20H,21-22H2. The first-order valence-corrected chi connectivity index (χ1v) is 14.9. The van der Waals surface area contributed by atoms with E-state index in [2.05, 4.69) is 72.8 Å². The van der Waals surface area contributed by atoms with E-state index >= 15 is 0 Å². The smallest absolute Gasteiger partial charge is 0.266 e. The van der Waals surface area contributed by atoms with Crippen molar-refractivity contribution in [2.75, 3.05) is 0 Å². The van der Waals surface area contributed by atoms with Crippen molar-refractivity contribution in [1.29, 1.82) is 0 Å². The summed E-state index contributed by atoms with van der Waals surface area (Å²) in [4.78, 5) is 0. The highest BCUT2D eigenvalue weighted by molar-refractivity contribution is 7.57. The average molecular weight is 534 g/mol. The molecule has 38 heavy (non-hydrogen) atoms. The zero-order valence-electron chi connectivity index (χ0n) is 20.5. The molecule has 0 aliphatic carbocycles. The lowest BCUT2D eigenvalue weighted by Gasteiger charge is -2.27. The third kappa shape index (κ3) is 4.51. The molecule has 0 radical (unpaired) electrons. The fourth-order valence-corrected chi connectivity index (χ4v) is 7.71. The second-order valence-corrected chi connectivity index (χ2v) is 12.0. The highest BCUT2D eigenvalue weighted by atomic mass is 31.2. The van der Waals surface area contributed by atoms with Gasteiger partial charge in [-0.1, -0.05) is 97.1 Å². The van der Waals surface area contributed by atoms with Gasteiger partial charge in [0, 0.05) is 11.1 Å². The molecule has 0 saturated carbocycles. The first-order valence-electron chi connectivity index (χ1n) is 12.5. The van der Waals surface area contributed by atoms with E-state index in [4.69, 9.17) is 18.1 Å². The molecular weight excluding hydrogens is 510 g/mol. The van der Waals surface area contributed by atoms with E-state index in [0.29, 0.717) is 13.2 Å². The van der Waals surface area contributed by atoms with Crippen molar-refractivity contribution >= 4 is 27.4 Å². The van der Waals surface area contributed by atoms with Crippen molar-refractivity contribution in [3.05, 3.63) is 132 Å². The zero-order chi connectivity index (χ0) is 25.3. The van der Waals surface area contributed by atoms with Crippen LogP contribution >= 0.6 is 16.8 Å². The molecule has 2 aliphatic rings. The number of fused-ring (bicyclic) bond motifs is 6. The molecule has 0 N–H and O–H groups in total. The summed E-state index contributed by atoms with van der Waals surface area (Å²) in [5.74, 6) is 1.75. The maximum atomic E-state index is 6.31. The summed E-state index contributed by atoms with van der Waals surface area (Å²) in [5, 5.41) is 2.23. The summed E-state index contributed by atoms with van der Waals surface area (Å²) >= 11 is 0. The molecule has 2 aliphatic heterocycles. The predicted molar refractivity (Wildman–Crippen MR) is 154 cm³/mol. The van der Waals surface area contributed by atoms with Crippen molar-refractivity contribution in [3.8, 4) is 33.8 Å². The fraction of sp³-hybridized carbons (Fsp3) is 0.0625. The molecule has 6 heteroatoms. The SMILES string of the molecule is c1ccc2c(c1)OP(OCc1ccc(COP3Oc4ccccc4-c4ccccc43)cc1)c1ccccc1-2. The topological polar surface area (TPSA) is 36.9 Å². The van der Waals surface area contributed by atoms with E-state index < -0.39 is 16.8 Å². The van der Waals surface area contributed by atoms with Gasteiger partial charge in [0.05, 0.1) is 23.8 Å². The molecule has 186 valence electrons. The van der Waals surface area contributed by atoms with Crippen molar-refractivity contribution in [3.63, 3.8) is 0 Å². The van der Waals surface area contributed by atoms with Crippen LogP contribution in [0.4, 0.5) is 0 Å². The number of rotatable bonds is 6. The Labute approximate surface area is 224 Å². The largest absolute Gasteiger partial charge is 0.443 e. The Bertz CT molecular complexity index is 1480. The summed E-state index contributed by atoms with van der Waals surface area (Å²) in [6.07, 6.45) is 0. The Morgan fingerprint density at radius 1 is 0.421 bits per heavy atom. The molecule has 5 aromatic rings. The number of hydrogen-bond acceptors (Lipinski definition) is 4. The summed E-state index contributed by atoms with van der Waals surface area (Å²) < 4.78 is 25.2. The van der Waals surface area contributed by atoms with Gasteiger partial charge in [0.15, 0.2) is 0 Å². The minimum atomic E-state index is -1.21. The molecule has 7 rings (SSSR count). The molecule has 0 amide bonds. The van der Waals surface area contributed by atoms with Crippen LogP contribution in [0.2, 0.25) is 0 Å². The van der Waals surface area contributed by atoms with Gasteiger partial charge in [-0.05, 0) is 46.5 Å². The first-order chi connectivity index (χ1) is 18.8. The van der Waals surface area contributed by atoms with E-state index in [1.165, 1.54) is 11.1 Å². The van der Waals surface area contributed by atoms with E-state index in [-0.39, 0.29) is 0 Å². The molecule has 2 heterocycles. The Balaban J connectivity index is 1.01. The molecule has 2 unspecified atom stereocenters. The van der Waals surface area contributed by atoms with Crippen LogP contribution in [0.3, 0.4) is 0 Å². The van der Waals surface area contributed by atoms with Gasteiger partial charge in [0.1, 0.15) is 11.5 Å². The molecule has 0 saturated heterocycles. The lowest BCUT2D eigenvalue weighted by Crippen LogP contribution is -2.15. The number of para-hydroxylation sites is 2. The highest BCUT2D eigenvalue weighted by Gasteiger charge is 2.29. The molecule has 0 spiro atoms. The average Bonchev–Trinajstić information content (AvgIpc) is 2.99. The minimum Gasteiger partial charge on any atom is -0.443 e. The molecule has 5 aromatic carbocycles. The lowest BCUT2D eigenvalue weighted by atomic mass is 10.0. The quantitative estimate of drug-likeness (QED) is 0.206. The van der Waals surface area contributed by atoms with Crippen LogP contribution in [0, 0.1) is 0 Å². The maximum absolute atomic E-state index is 6.31. The molecular formula is C32H24O4P2. The first kappa shape index (κ1) is 23.6. The van der Waals surface area contributed by atoms with Gasteiger partial charge in [-0.3, -0.25) is 0 Å². The van der Waals surface area contributed by atoms with Crippen molar-refractivity contribution in [2.45, 2.75) is 13.2 Å². The van der Waals surface area contributed by atoms with E-state index in [9.17, 15) is 0 Å². The Morgan fingerprint density at radius 3 is 1.24 bits per heavy atom. The van der Waals surface area contributed by atoms with Crippen LogP contribution in [-0.2, 0) is 22.3 Å². The molecule has 0 bridgehead atoms. The van der Waals surface area contributed by atoms with Gasteiger partial charge in [0.25, 0.3) is 16.8 Å². The van der Waals surface area contributed by atoms with Crippen LogP contribution in [0.15, 0.2) is 121 Å². The van der Waals surface area contributed by atoms with Gasteiger partial charge >= 0.3 is 0 Å². The van der Waals surface area contributed by atoms with Gasteiger partial charge in [-0.15, -0.1) is 0 Å². The Kier molecular flexibility index (Phi) is 6.41. The van der Waals surface area contributed by atoms with Crippen LogP contribution in [0.1, 0.15) is 11.1 Å². The van der Waals surface area contributed by atoms with Crippen LogP contribution in [-0.4, -0.2) is 0 Å². The van der Waals surface area contributed by atoms with Crippen molar-refractivity contribution in [1.82, 2.24) is 0 Å². The van der Waals surface area contributed by atoms with E-state index in [1.807, 2.05) is 48.5 Å². The Hall–Kier alpha value is -3.52. The summed E-state index contributed by atoms with van der Waals surface area (Å²) in [6, 6.07) is 41.3. The maximum Gasteiger partial charge on any atom is 0.266 e. The van der Waals surface area contributed by atoms with E-state index in [0.717, 1.165) is 44.4 Å². The van der Waals surface area contributed by atoms with Gasteiger partial charge < -0.3 is 18.1 Å². The monoisotopic (exact) mass is 534 g/mol. The molecule has 0 aromatic heterocycles. The van der Waals surface area contributed by atoms with Gasteiger partial charge in [-0.25, -0.2) is 0 Å². The van der Waals surface area contributed by atoms with Crippen LogP contribution < -0.4 is 19.7 Å². The molecule has 4 nitrogen and oxygen atoms in total. The fourth-order valence-electron chi connectivity index (χ4n) is 4.73. The highest BCUT2D eigenvalue weighted by Crippen LogP contribution is 2.50. The summed E-state index contributed by atoms with van der Waals surface area (Å²) in [7, 11) is -2.41. The second-order valence-electron chi connectivity index (χ2n) is 9.09. The van der Waals surface area contributed by atoms with Gasteiger partial charge in [-0.2, -0.15) is 0 Å². The third-order valence-electron chi connectivity index (χ3n) is 6.64. The second kappa shape index (κ2) is 10.3. The summed E-state index contributed by atoms with van der Waals surface area (Å²) in [6.45, 7) is 0.951. The van der Waals surface area contributed by atoms with Crippen molar-refractivity contribution < 1.29 is 18.1 Å². The zero-order valence-corrected chi connectivity index (χ0v) is 22.3. The Morgan fingerprint density at radius 2 is 0.789 bits per heavy atom.